The fourth-order valence-electron chi connectivity index (χ4n) is 2.07. The van der Waals surface area contributed by atoms with E-state index in [1.54, 1.807) is 12.5 Å². The van der Waals surface area contributed by atoms with Crippen molar-refractivity contribution in [2.45, 2.75) is 19.3 Å². The number of nitrogens with two attached hydrogens (primary N) is 1. The highest BCUT2D eigenvalue weighted by atomic mass is 32.1. The summed E-state index contributed by atoms with van der Waals surface area (Å²) >= 11 is 1.48. The third-order valence-electron chi connectivity index (χ3n) is 3.20. The Bertz CT molecular complexity index is 613. The van der Waals surface area contributed by atoms with Gasteiger partial charge in [-0.25, -0.2) is 4.98 Å². The van der Waals surface area contributed by atoms with Gasteiger partial charge in [-0.05, 0) is 37.1 Å². The number of nitrogens with zero attached hydrogens (tertiary/aromatic N) is 1. The fourth-order valence-corrected chi connectivity index (χ4v) is 2.86. The molecule has 0 aliphatic rings. The Morgan fingerprint density at radius 2 is 2.27 bits per heavy atom. The standard InChI is InChI=1S/C16H21N3O2S/c1-21-13-6-2-4-12(10-13)5-3-9-18-16(20)14-11-22-15(19-14)7-8-17/h2,4,6,10-11H,3,5,7-9,17H2,1H3,(H,18,20). The van der Waals surface area contributed by atoms with Crippen LogP contribution in [0.2, 0.25) is 0 Å². The van der Waals surface area contributed by atoms with Gasteiger partial charge in [0.2, 0.25) is 0 Å². The molecular formula is C16H21N3O2S. The first-order valence-electron chi connectivity index (χ1n) is 7.28. The second kappa shape index (κ2) is 8.51. The predicted molar refractivity (Wildman–Crippen MR) is 88.5 cm³/mol. The van der Waals surface area contributed by atoms with Gasteiger partial charge in [0.1, 0.15) is 11.4 Å². The topological polar surface area (TPSA) is 77.2 Å². The van der Waals surface area contributed by atoms with Gasteiger partial charge in [-0.2, -0.15) is 0 Å². The first kappa shape index (κ1) is 16.5. The molecule has 0 aliphatic carbocycles. The maximum atomic E-state index is 12.0. The van der Waals surface area contributed by atoms with Crippen molar-refractivity contribution in [3.8, 4) is 5.75 Å². The zero-order chi connectivity index (χ0) is 15.8. The van der Waals surface area contributed by atoms with Gasteiger partial charge in [0.25, 0.3) is 5.91 Å². The third-order valence-corrected chi connectivity index (χ3v) is 4.11. The van der Waals surface area contributed by atoms with Gasteiger partial charge >= 0.3 is 0 Å². The van der Waals surface area contributed by atoms with Gasteiger partial charge in [0.15, 0.2) is 0 Å². The smallest absolute Gasteiger partial charge is 0.270 e. The third kappa shape index (κ3) is 4.82. The van der Waals surface area contributed by atoms with Crippen LogP contribution in [0, 0.1) is 0 Å². The lowest BCUT2D eigenvalue weighted by molar-refractivity contribution is 0.0948. The van der Waals surface area contributed by atoms with E-state index in [2.05, 4.69) is 16.4 Å². The minimum Gasteiger partial charge on any atom is -0.497 e. The maximum absolute atomic E-state index is 12.0. The molecule has 0 saturated heterocycles. The number of methoxy groups -OCH3 is 1. The Balaban J connectivity index is 1.74. The van der Waals surface area contributed by atoms with Crippen LogP contribution in [-0.4, -0.2) is 31.1 Å². The van der Waals surface area contributed by atoms with E-state index < -0.39 is 0 Å². The minimum absolute atomic E-state index is 0.120. The van der Waals surface area contributed by atoms with Crippen molar-refractivity contribution in [2.75, 3.05) is 20.2 Å². The zero-order valence-electron chi connectivity index (χ0n) is 12.7. The van der Waals surface area contributed by atoms with Crippen LogP contribution in [0.25, 0.3) is 0 Å². The van der Waals surface area contributed by atoms with Gasteiger partial charge in [0.05, 0.1) is 12.1 Å². The average Bonchev–Trinajstić information content (AvgIpc) is 3.01. The number of benzene rings is 1. The van der Waals surface area contributed by atoms with E-state index in [1.807, 2.05) is 18.2 Å². The molecular weight excluding hydrogens is 298 g/mol. The summed E-state index contributed by atoms with van der Waals surface area (Å²) in [6.07, 6.45) is 2.49. The molecule has 5 nitrogen and oxygen atoms in total. The van der Waals surface area contributed by atoms with E-state index in [0.717, 1.165) is 23.6 Å². The highest BCUT2D eigenvalue weighted by Crippen LogP contribution is 2.14. The quantitative estimate of drug-likeness (QED) is 0.730. The van der Waals surface area contributed by atoms with Gasteiger partial charge < -0.3 is 15.8 Å². The lowest BCUT2D eigenvalue weighted by atomic mass is 10.1. The summed E-state index contributed by atoms with van der Waals surface area (Å²) in [5.74, 6) is 0.738. The Morgan fingerprint density at radius 1 is 1.41 bits per heavy atom. The Morgan fingerprint density at radius 3 is 3.05 bits per heavy atom. The molecule has 1 aromatic carbocycles. The largest absolute Gasteiger partial charge is 0.497 e. The molecule has 22 heavy (non-hydrogen) atoms. The molecule has 0 bridgehead atoms. The Kier molecular flexibility index (Phi) is 6.36. The van der Waals surface area contributed by atoms with Crippen LogP contribution < -0.4 is 15.8 Å². The molecule has 0 aliphatic heterocycles. The number of amides is 1. The molecule has 0 radical (unpaired) electrons. The van der Waals surface area contributed by atoms with Crippen LogP contribution in [0.4, 0.5) is 0 Å². The van der Waals surface area contributed by atoms with Crippen LogP contribution in [0.15, 0.2) is 29.6 Å². The van der Waals surface area contributed by atoms with Crippen LogP contribution in [0.5, 0.6) is 5.75 Å². The van der Waals surface area contributed by atoms with Crippen LogP contribution in [0.3, 0.4) is 0 Å². The van der Waals surface area contributed by atoms with Crippen molar-refractivity contribution in [1.29, 1.82) is 0 Å². The normalized spacial score (nSPS) is 10.5. The number of carbonyl (C=O) groups excluding carboxylic acids is 1. The molecule has 0 fully saturated rings. The zero-order valence-corrected chi connectivity index (χ0v) is 13.5. The molecule has 1 amide bonds. The Labute approximate surface area is 134 Å². The molecule has 0 saturated carbocycles. The second-order valence-corrected chi connectivity index (χ2v) is 5.82. The summed E-state index contributed by atoms with van der Waals surface area (Å²) in [7, 11) is 1.66. The first-order valence-corrected chi connectivity index (χ1v) is 8.16. The van der Waals surface area contributed by atoms with E-state index in [0.29, 0.717) is 25.2 Å². The van der Waals surface area contributed by atoms with E-state index >= 15 is 0 Å². The number of nitrogens with one attached hydrogen (secondary N) is 1. The number of aryl methyl sites for hydroxylation is 1. The van der Waals surface area contributed by atoms with Crippen molar-refractivity contribution in [1.82, 2.24) is 10.3 Å². The van der Waals surface area contributed by atoms with Crippen molar-refractivity contribution >= 4 is 17.2 Å². The predicted octanol–water partition coefficient (Wildman–Crippen LogP) is 2.02. The van der Waals surface area contributed by atoms with Crippen LogP contribution >= 0.6 is 11.3 Å². The van der Waals surface area contributed by atoms with E-state index in [1.165, 1.54) is 16.9 Å². The summed E-state index contributed by atoms with van der Waals surface area (Å²) in [4.78, 5) is 16.2. The van der Waals surface area contributed by atoms with E-state index in [4.69, 9.17) is 10.5 Å². The van der Waals surface area contributed by atoms with Crippen LogP contribution in [0.1, 0.15) is 27.5 Å². The van der Waals surface area contributed by atoms with Gasteiger partial charge in [-0.1, -0.05) is 12.1 Å². The van der Waals surface area contributed by atoms with E-state index in [-0.39, 0.29) is 5.91 Å². The summed E-state index contributed by atoms with van der Waals surface area (Å²) in [6.45, 7) is 1.18. The monoisotopic (exact) mass is 319 g/mol. The molecule has 2 rings (SSSR count). The van der Waals surface area contributed by atoms with Crippen molar-refractivity contribution in [3.05, 3.63) is 45.9 Å². The summed E-state index contributed by atoms with van der Waals surface area (Å²) in [5, 5.41) is 5.58. The molecule has 3 N–H and O–H groups in total. The van der Waals surface area contributed by atoms with E-state index in [9.17, 15) is 4.79 Å². The summed E-state index contributed by atoms with van der Waals surface area (Å²) in [5.41, 5.74) is 7.16. The van der Waals surface area contributed by atoms with Gasteiger partial charge in [0, 0.05) is 18.3 Å². The molecule has 1 heterocycles. The lowest BCUT2D eigenvalue weighted by Gasteiger charge is -2.05. The number of rotatable bonds is 8. The van der Waals surface area contributed by atoms with Gasteiger partial charge in [-0.3, -0.25) is 4.79 Å². The molecule has 6 heteroatoms. The number of thiazole rings is 1. The SMILES string of the molecule is COc1cccc(CCCNC(=O)c2csc(CCN)n2)c1. The summed E-state index contributed by atoms with van der Waals surface area (Å²) in [6, 6.07) is 7.97. The fraction of sp³-hybridized carbons (Fsp3) is 0.375. The highest BCUT2D eigenvalue weighted by molar-refractivity contribution is 7.09. The molecule has 0 spiro atoms. The maximum Gasteiger partial charge on any atom is 0.270 e. The number of carbonyl (C=O) groups is 1. The number of aromatic nitrogens is 1. The molecule has 0 unspecified atom stereocenters. The minimum atomic E-state index is -0.120. The van der Waals surface area contributed by atoms with Crippen molar-refractivity contribution < 1.29 is 9.53 Å². The highest BCUT2D eigenvalue weighted by Gasteiger charge is 2.09. The van der Waals surface area contributed by atoms with Crippen LogP contribution in [-0.2, 0) is 12.8 Å². The molecule has 1 aromatic heterocycles. The summed E-state index contributed by atoms with van der Waals surface area (Å²) < 4.78 is 5.19. The Hall–Kier alpha value is -1.92. The number of ether oxygens (including phenoxy) is 1. The van der Waals surface area contributed by atoms with Gasteiger partial charge in [-0.15, -0.1) is 11.3 Å². The second-order valence-electron chi connectivity index (χ2n) is 4.88. The lowest BCUT2D eigenvalue weighted by Crippen LogP contribution is -2.25. The average molecular weight is 319 g/mol. The first-order chi connectivity index (χ1) is 10.7. The number of hydrogen-bond donors (Lipinski definition) is 2. The molecule has 118 valence electrons. The molecule has 2 aromatic rings. The van der Waals surface area contributed by atoms with Crippen molar-refractivity contribution in [3.63, 3.8) is 0 Å². The molecule has 0 atom stereocenters. The number of hydrogen-bond acceptors (Lipinski definition) is 5. The van der Waals surface area contributed by atoms with Crippen molar-refractivity contribution in [2.24, 2.45) is 5.73 Å².